The lowest BCUT2D eigenvalue weighted by Gasteiger charge is -2.13. The molecule has 0 bridgehead atoms. The van der Waals surface area contributed by atoms with Gasteiger partial charge >= 0.3 is 6.18 Å². The van der Waals surface area contributed by atoms with Crippen LogP contribution in [-0.4, -0.2) is 25.5 Å². The highest BCUT2D eigenvalue weighted by Gasteiger charge is 2.39. The molecule has 0 radical (unpaired) electrons. The number of hydrogen-bond acceptors (Lipinski definition) is 3. The molecular formula is C16H11ClF5N5O. The Bertz CT molecular complexity index is 1030. The molecule has 0 aliphatic heterocycles. The third-order valence-electron chi connectivity index (χ3n) is 3.65. The second-order valence-electron chi connectivity index (χ2n) is 5.65. The van der Waals surface area contributed by atoms with Gasteiger partial charge in [-0.2, -0.15) is 23.4 Å². The zero-order chi connectivity index (χ0) is 20.6. The number of aromatic nitrogens is 4. The van der Waals surface area contributed by atoms with Crippen LogP contribution >= 0.6 is 11.6 Å². The van der Waals surface area contributed by atoms with Crippen molar-refractivity contribution < 1.29 is 26.7 Å². The summed E-state index contributed by atoms with van der Waals surface area (Å²) in [6, 6.07) is 5.50. The molecule has 0 fully saturated rings. The highest BCUT2D eigenvalue weighted by molar-refractivity contribution is 6.30. The quantitative estimate of drug-likeness (QED) is 0.635. The van der Waals surface area contributed by atoms with E-state index in [1.807, 2.05) is 5.32 Å². The molecule has 0 saturated carbocycles. The van der Waals surface area contributed by atoms with Gasteiger partial charge in [0.05, 0.1) is 23.1 Å². The van der Waals surface area contributed by atoms with Gasteiger partial charge in [-0.1, -0.05) is 17.7 Å². The molecular weight excluding hydrogens is 409 g/mol. The summed E-state index contributed by atoms with van der Waals surface area (Å²) in [4.78, 5) is 12.3. The summed E-state index contributed by atoms with van der Waals surface area (Å²) >= 11 is 5.81. The van der Waals surface area contributed by atoms with Crippen molar-refractivity contribution in [2.75, 3.05) is 5.32 Å². The molecule has 6 nitrogen and oxygen atoms in total. The topological polar surface area (TPSA) is 64.7 Å². The van der Waals surface area contributed by atoms with Gasteiger partial charge in [0.1, 0.15) is 5.69 Å². The van der Waals surface area contributed by atoms with Crippen LogP contribution in [0.3, 0.4) is 0 Å². The van der Waals surface area contributed by atoms with E-state index in [4.69, 9.17) is 11.6 Å². The summed E-state index contributed by atoms with van der Waals surface area (Å²) in [6.07, 6.45) is -6.20. The first-order valence-electron chi connectivity index (χ1n) is 7.62. The number of halogens is 6. The highest BCUT2D eigenvalue weighted by Crippen LogP contribution is 2.37. The van der Waals surface area contributed by atoms with Crippen LogP contribution in [0.4, 0.5) is 27.6 Å². The Hall–Kier alpha value is -2.95. The molecule has 1 N–H and O–H groups in total. The Balaban J connectivity index is 2.03. The number of anilines is 1. The summed E-state index contributed by atoms with van der Waals surface area (Å²) in [5.74, 6) is -1.17. The Morgan fingerprint density at radius 1 is 1.29 bits per heavy atom. The smallest absolute Gasteiger partial charge is 0.319 e. The van der Waals surface area contributed by atoms with Crippen LogP contribution in [0.2, 0.25) is 5.02 Å². The van der Waals surface area contributed by atoms with Crippen molar-refractivity contribution in [3.63, 3.8) is 0 Å². The number of alkyl halides is 5. The molecule has 3 aromatic rings. The van der Waals surface area contributed by atoms with Crippen molar-refractivity contribution in [1.82, 2.24) is 19.6 Å². The van der Waals surface area contributed by atoms with Gasteiger partial charge in [-0.3, -0.25) is 9.48 Å². The van der Waals surface area contributed by atoms with Crippen LogP contribution in [0.25, 0.3) is 5.69 Å². The predicted molar refractivity (Wildman–Crippen MR) is 89.7 cm³/mol. The number of carbonyl (C=O) groups excluding carboxylic acids is 1. The highest BCUT2D eigenvalue weighted by atomic mass is 35.5. The molecule has 1 aromatic carbocycles. The molecule has 2 heterocycles. The monoisotopic (exact) mass is 419 g/mol. The standard InChI is InChI=1S/C16H11ClF5N5O/c1-26-7-10(12(25-26)14(18)19)15(28)24-11-6-23-27(13(11)16(20,21)22)9-4-2-3-8(17)5-9/h2-7,14H,1H3,(H,24,28). The number of nitrogens with one attached hydrogen (secondary N) is 1. The lowest BCUT2D eigenvalue weighted by atomic mass is 10.2. The van der Waals surface area contributed by atoms with Crippen LogP contribution in [0.5, 0.6) is 0 Å². The Kier molecular flexibility index (Phi) is 5.11. The van der Waals surface area contributed by atoms with E-state index >= 15 is 0 Å². The first-order chi connectivity index (χ1) is 13.1. The molecule has 0 saturated heterocycles. The zero-order valence-corrected chi connectivity index (χ0v) is 14.8. The maximum absolute atomic E-state index is 13.6. The van der Waals surface area contributed by atoms with Gasteiger partial charge in [-0.05, 0) is 18.2 Å². The van der Waals surface area contributed by atoms with E-state index in [1.54, 1.807) is 0 Å². The van der Waals surface area contributed by atoms with Crippen LogP contribution in [-0.2, 0) is 13.2 Å². The first kappa shape index (κ1) is 19.8. The first-order valence-corrected chi connectivity index (χ1v) is 8.00. The van der Waals surface area contributed by atoms with Crippen LogP contribution in [0.1, 0.15) is 28.2 Å². The van der Waals surface area contributed by atoms with Crippen molar-refractivity contribution in [3.05, 3.63) is 58.6 Å². The van der Waals surface area contributed by atoms with E-state index in [-0.39, 0.29) is 10.7 Å². The van der Waals surface area contributed by atoms with Crippen molar-refractivity contribution in [1.29, 1.82) is 0 Å². The van der Waals surface area contributed by atoms with E-state index < -0.39 is 41.1 Å². The minimum Gasteiger partial charge on any atom is -0.319 e. The zero-order valence-electron chi connectivity index (χ0n) is 14.0. The number of benzene rings is 1. The van der Waals surface area contributed by atoms with E-state index in [0.29, 0.717) is 4.68 Å². The normalized spacial score (nSPS) is 11.9. The van der Waals surface area contributed by atoms with Crippen LogP contribution in [0.15, 0.2) is 36.7 Å². The van der Waals surface area contributed by atoms with E-state index in [1.165, 1.54) is 31.3 Å². The van der Waals surface area contributed by atoms with Gasteiger partial charge in [0, 0.05) is 18.3 Å². The third-order valence-corrected chi connectivity index (χ3v) is 3.88. The molecule has 0 atom stereocenters. The molecule has 3 rings (SSSR count). The number of carbonyl (C=O) groups is 1. The maximum Gasteiger partial charge on any atom is 0.435 e. The van der Waals surface area contributed by atoms with E-state index in [2.05, 4.69) is 10.2 Å². The number of nitrogens with zero attached hydrogens (tertiary/aromatic N) is 4. The SMILES string of the molecule is Cn1cc(C(=O)Nc2cnn(-c3cccc(Cl)c3)c2C(F)(F)F)c(C(F)F)n1. The fourth-order valence-electron chi connectivity index (χ4n) is 2.55. The van der Waals surface area contributed by atoms with Gasteiger partial charge in [0.15, 0.2) is 5.69 Å². The minimum absolute atomic E-state index is 0.00923. The molecule has 12 heteroatoms. The Morgan fingerprint density at radius 3 is 2.61 bits per heavy atom. The third kappa shape index (κ3) is 3.84. The maximum atomic E-state index is 13.6. The average molecular weight is 420 g/mol. The van der Waals surface area contributed by atoms with Gasteiger partial charge in [0.25, 0.3) is 12.3 Å². The van der Waals surface area contributed by atoms with Gasteiger partial charge in [-0.25, -0.2) is 13.5 Å². The van der Waals surface area contributed by atoms with E-state index in [9.17, 15) is 26.7 Å². The van der Waals surface area contributed by atoms with E-state index in [0.717, 1.165) is 17.1 Å². The molecule has 28 heavy (non-hydrogen) atoms. The average Bonchev–Trinajstić information content (AvgIpc) is 3.18. The molecule has 0 spiro atoms. The molecule has 0 unspecified atom stereocenters. The molecule has 148 valence electrons. The number of rotatable bonds is 4. The molecule has 2 aromatic heterocycles. The molecule has 0 aliphatic carbocycles. The summed E-state index contributed by atoms with van der Waals surface area (Å²) in [7, 11) is 1.31. The summed E-state index contributed by atoms with van der Waals surface area (Å²) in [5, 5.41) is 9.28. The summed E-state index contributed by atoms with van der Waals surface area (Å²) < 4.78 is 68.4. The summed E-state index contributed by atoms with van der Waals surface area (Å²) in [6.45, 7) is 0. The van der Waals surface area contributed by atoms with Crippen LogP contribution < -0.4 is 5.32 Å². The Morgan fingerprint density at radius 2 is 2.00 bits per heavy atom. The summed E-state index contributed by atoms with van der Waals surface area (Å²) in [5.41, 5.74) is -3.35. The molecule has 1 amide bonds. The van der Waals surface area contributed by atoms with Crippen molar-refractivity contribution in [3.8, 4) is 5.69 Å². The molecule has 0 aliphatic rings. The van der Waals surface area contributed by atoms with Gasteiger partial charge in [-0.15, -0.1) is 0 Å². The second-order valence-corrected chi connectivity index (χ2v) is 6.09. The second kappa shape index (κ2) is 7.23. The van der Waals surface area contributed by atoms with Crippen molar-refractivity contribution in [2.24, 2.45) is 7.05 Å². The fourth-order valence-corrected chi connectivity index (χ4v) is 2.73. The largest absolute Gasteiger partial charge is 0.435 e. The van der Waals surface area contributed by atoms with Crippen molar-refractivity contribution >= 4 is 23.2 Å². The minimum atomic E-state index is -4.90. The van der Waals surface area contributed by atoms with Crippen molar-refractivity contribution in [2.45, 2.75) is 12.6 Å². The Labute approximate surface area is 159 Å². The number of aryl methyl sites for hydroxylation is 1. The predicted octanol–water partition coefficient (Wildman–Crippen LogP) is 4.47. The van der Waals surface area contributed by atoms with Crippen LogP contribution in [0, 0.1) is 0 Å². The van der Waals surface area contributed by atoms with Gasteiger partial charge < -0.3 is 5.32 Å². The fraction of sp³-hybridized carbons (Fsp3) is 0.188. The lowest BCUT2D eigenvalue weighted by Crippen LogP contribution is -2.19. The van der Waals surface area contributed by atoms with Gasteiger partial charge in [0.2, 0.25) is 0 Å². The lowest BCUT2D eigenvalue weighted by molar-refractivity contribution is -0.142. The number of hydrogen-bond donors (Lipinski definition) is 1. The number of amides is 1.